The van der Waals surface area contributed by atoms with Gasteiger partial charge in [-0.1, -0.05) is 63.4 Å². The zero-order valence-electron chi connectivity index (χ0n) is 11.9. The summed E-state index contributed by atoms with van der Waals surface area (Å²) in [5.41, 5.74) is 8.31. The fourth-order valence-electron chi connectivity index (χ4n) is 3.39. The van der Waals surface area contributed by atoms with Crippen LogP contribution in [0.3, 0.4) is 0 Å². The molecule has 0 bridgehead atoms. The Morgan fingerprint density at radius 3 is 2.28 bits per heavy atom. The van der Waals surface area contributed by atoms with Gasteiger partial charge in [0, 0.05) is 6.04 Å². The largest absolute Gasteiger partial charge is 0.323 e. The van der Waals surface area contributed by atoms with Crippen molar-refractivity contribution in [2.75, 3.05) is 0 Å². The third kappa shape index (κ3) is 2.95. The first kappa shape index (κ1) is 13.6. The van der Waals surface area contributed by atoms with E-state index in [1.54, 1.807) is 0 Å². The molecule has 1 heteroatoms. The van der Waals surface area contributed by atoms with Gasteiger partial charge >= 0.3 is 0 Å². The summed E-state index contributed by atoms with van der Waals surface area (Å²) in [4.78, 5) is 0. The van der Waals surface area contributed by atoms with Crippen molar-refractivity contribution in [2.45, 2.75) is 58.4 Å². The normalized spacial score (nSPS) is 20.2. The lowest BCUT2D eigenvalue weighted by atomic mass is 9.72. The molecule has 1 aromatic rings. The molecule has 0 aliphatic heterocycles. The van der Waals surface area contributed by atoms with Crippen LogP contribution < -0.4 is 5.73 Å². The second kappa shape index (κ2) is 5.88. The van der Waals surface area contributed by atoms with Crippen LogP contribution in [0, 0.1) is 11.3 Å². The van der Waals surface area contributed by atoms with Crippen LogP contribution in [-0.2, 0) is 0 Å². The monoisotopic (exact) mass is 245 g/mol. The summed E-state index contributed by atoms with van der Waals surface area (Å²) in [6.45, 7) is 4.63. The molecule has 1 fully saturated rings. The molecule has 1 aliphatic rings. The third-order valence-electron chi connectivity index (χ3n) is 4.64. The Balaban J connectivity index is 2.14. The summed E-state index contributed by atoms with van der Waals surface area (Å²) >= 11 is 0. The Labute approximate surface area is 112 Å². The molecule has 1 atom stereocenters. The van der Waals surface area contributed by atoms with Crippen LogP contribution in [0.25, 0.3) is 0 Å². The van der Waals surface area contributed by atoms with Gasteiger partial charge in [-0.2, -0.15) is 0 Å². The van der Waals surface area contributed by atoms with Crippen molar-refractivity contribution < 1.29 is 0 Å². The third-order valence-corrected chi connectivity index (χ3v) is 4.64. The Bertz CT molecular complexity index is 349. The van der Waals surface area contributed by atoms with Crippen LogP contribution in [0.2, 0.25) is 0 Å². The number of nitrogens with two attached hydrogens (primary N) is 1. The molecule has 2 N–H and O–H groups in total. The first-order valence-electron chi connectivity index (χ1n) is 7.44. The summed E-state index contributed by atoms with van der Waals surface area (Å²) in [7, 11) is 0. The molecule has 1 saturated carbocycles. The fourth-order valence-corrected chi connectivity index (χ4v) is 3.39. The van der Waals surface area contributed by atoms with Crippen molar-refractivity contribution in [1.29, 1.82) is 0 Å². The van der Waals surface area contributed by atoms with Crippen molar-refractivity contribution in [3.05, 3.63) is 35.9 Å². The van der Waals surface area contributed by atoms with E-state index in [4.69, 9.17) is 5.73 Å². The van der Waals surface area contributed by atoms with Gasteiger partial charge in [-0.05, 0) is 36.2 Å². The molecule has 2 rings (SSSR count). The van der Waals surface area contributed by atoms with Crippen LogP contribution in [0.4, 0.5) is 0 Å². The van der Waals surface area contributed by atoms with Crippen LogP contribution in [0.15, 0.2) is 30.3 Å². The van der Waals surface area contributed by atoms with E-state index in [0.717, 1.165) is 5.92 Å². The van der Waals surface area contributed by atoms with Crippen LogP contribution in [0.5, 0.6) is 0 Å². The maximum Gasteiger partial charge on any atom is 0.0352 e. The standard InChI is InChI=1S/C17H27N/c1-14(2)10-13-17(11-6-7-12-17)16(18)15-8-4-3-5-9-15/h3-5,8-9,14,16H,6-7,10-13,18H2,1-2H3. The van der Waals surface area contributed by atoms with E-state index in [9.17, 15) is 0 Å². The van der Waals surface area contributed by atoms with Gasteiger partial charge in [0.05, 0.1) is 0 Å². The van der Waals surface area contributed by atoms with E-state index < -0.39 is 0 Å². The lowest BCUT2D eigenvalue weighted by Crippen LogP contribution is -2.32. The highest BCUT2D eigenvalue weighted by Crippen LogP contribution is 2.50. The minimum absolute atomic E-state index is 0.222. The van der Waals surface area contributed by atoms with Gasteiger partial charge in [0.2, 0.25) is 0 Å². The van der Waals surface area contributed by atoms with Gasteiger partial charge in [0.25, 0.3) is 0 Å². The molecule has 0 radical (unpaired) electrons. The maximum absolute atomic E-state index is 6.62. The van der Waals surface area contributed by atoms with Gasteiger partial charge in [0.15, 0.2) is 0 Å². The van der Waals surface area contributed by atoms with Gasteiger partial charge in [-0.15, -0.1) is 0 Å². The highest BCUT2D eigenvalue weighted by Gasteiger charge is 2.39. The second-order valence-corrected chi connectivity index (χ2v) is 6.39. The summed E-state index contributed by atoms with van der Waals surface area (Å²) in [5, 5.41) is 0. The molecule has 100 valence electrons. The van der Waals surface area contributed by atoms with Gasteiger partial charge in [0.1, 0.15) is 0 Å². The molecule has 0 amide bonds. The first-order chi connectivity index (χ1) is 8.64. The van der Waals surface area contributed by atoms with E-state index >= 15 is 0 Å². The van der Waals surface area contributed by atoms with E-state index in [2.05, 4.69) is 44.2 Å². The molecule has 0 saturated heterocycles. The Kier molecular flexibility index (Phi) is 4.45. The number of rotatable bonds is 5. The van der Waals surface area contributed by atoms with Gasteiger partial charge in [-0.3, -0.25) is 0 Å². The zero-order valence-corrected chi connectivity index (χ0v) is 11.9. The fraction of sp³-hybridized carbons (Fsp3) is 0.647. The molecule has 1 unspecified atom stereocenters. The Morgan fingerprint density at radius 2 is 1.72 bits per heavy atom. The summed E-state index contributed by atoms with van der Waals surface area (Å²) in [5.74, 6) is 0.783. The molecule has 0 heterocycles. The molecule has 0 spiro atoms. The van der Waals surface area contributed by atoms with E-state index in [1.807, 2.05) is 0 Å². The molecule has 18 heavy (non-hydrogen) atoms. The minimum Gasteiger partial charge on any atom is -0.323 e. The van der Waals surface area contributed by atoms with E-state index in [-0.39, 0.29) is 6.04 Å². The molecule has 0 aromatic heterocycles. The average molecular weight is 245 g/mol. The zero-order chi connectivity index (χ0) is 13.0. The molecular formula is C17H27N. The molecule has 1 aliphatic carbocycles. The van der Waals surface area contributed by atoms with Crippen LogP contribution >= 0.6 is 0 Å². The summed E-state index contributed by atoms with van der Waals surface area (Å²) < 4.78 is 0. The molecule has 1 nitrogen and oxygen atoms in total. The van der Waals surface area contributed by atoms with Crippen molar-refractivity contribution in [3.63, 3.8) is 0 Å². The Hall–Kier alpha value is -0.820. The second-order valence-electron chi connectivity index (χ2n) is 6.39. The molecule has 1 aromatic carbocycles. The first-order valence-corrected chi connectivity index (χ1v) is 7.44. The highest BCUT2D eigenvalue weighted by atomic mass is 14.7. The van der Waals surface area contributed by atoms with E-state index in [0.29, 0.717) is 5.41 Å². The van der Waals surface area contributed by atoms with Crippen molar-refractivity contribution >= 4 is 0 Å². The number of benzene rings is 1. The van der Waals surface area contributed by atoms with Crippen LogP contribution in [0.1, 0.15) is 64.0 Å². The van der Waals surface area contributed by atoms with E-state index in [1.165, 1.54) is 44.1 Å². The predicted octanol–water partition coefficient (Wildman–Crippen LogP) is 4.68. The molecular weight excluding hydrogens is 218 g/mol. The van der Waals surface area contributed by atoms with Crippen molar-refractivity contribution in [2.24, 2.45) is 17.1 Å². The Morgan fingerprint density at radius 1 is 1.11 bits per heavy atom. The quantitative estimate of drug-likeness (QED) is 0.800. The number of hydrogen-bond donors (Lipinski definition) is 1. The van der Waals surface area contributed by atoms with Crippen molar-refractivity contribution in [1.82, 2.24) is 0 Å². The van der Waals surface area contributed by atoms with Gasteiger partial charge in [-0.25, -0.2) is 0 Å². The SMILES string of the molecule is CC(C)CCC1(C(N)c2ccccc2)CCCC1. The highest BCUT2D eigenvalue weighted by molar-refractivity contribution is 5.21. The summed E-state index contributed by atoms with van der Waals surface area (Å²) in [6.07, 6.45) is 7.95. The van der Waals surface area contributed by atoms with Gasteiger partial charge < -0.3 is 5.73 Å². The smallest absolute Gasteiger partial charge is 0.0352 e. The summed E-state index contributed by atoms with van der Waals surface area (Å²) in [6, 6.07) is 10.9. The van der Waals surface area contributed by atoms with Crippen molar-refractivity contribution in [3.8, 4) is 0 Å². The average Bonchev–Trinajstić information content (AvgIpc) is 2.86. The maximum atomic E-state index is 6.62. The topological polar surface area (TPSA) is 26.0 Å². The minimum atomic E-state index is 0.222. The van der Waals surface area contributed by atoms with Crippen LogP contribution in [-0.4, -0.2) is 0 Å². The lowest BCUT2D eigenvalue weighted by molar-refractivity contribution is 0.196. The number of hydrogen-bond acceptors (Lipinski definition) is 1. The lowest BCUT2D eigenvalue weighted by Gasteiger charge is -2.36. The predicted molar refractivity (Wildman–Crippen MR) is 78.3 cm³/mol.